The number of amides is 1. The summed E-state index contributed by atoms with van der Waals surface area (Å²) in [6.45, 7) is 0. The molecule has 0 aliphatic rings. The van der Waals surface area contributed by atoms with E-state index in [1.807, 2.05) is 30.3 Å². The monoisotopic (exact) mass is 299 g/mol. The number of ether oxygens (including phenoxy) is 1. The van der Waals surface area contributed by atoms with Gasteiger partial charge in [-0.1, -0.05) is 0 Å². The van der Waals surface area contributed by atoms with Crippen molar-refractivity contribution in [3.63, 3.8) is 0 Å². The minimum Gasteiger partial charge on any atom is -0.870 e. The molecule has 0 saturated heterocycles. The summed E-state index contributed by atoms with van der Waals surface area (Å²) in [6, 6.07) is 16.4. The first-order valence-corrected chi connectivity index (χ1v) is 6.36. The van der Waals surface area contributed by atoms with E-state index in [0.29, 0.717) is 11.2 Å². The number of hydrogen-bond donors (Lipinski definition) is 0. The number of nitrogens with zero attached hydrogens (tertiary/aromatic N) is 1. The molecule has 0 saturated carbocycles. The van der Waals surface area contributed by atoms with E-state index < -0.39 is 6.10 Å². The zero-order chi connectivity index (χ0) is 14.5. The molecule has 1 atom stereocenters. The van der Waals surface area contributed by atoms with Crippen molar-refractivity contribution in [2.45, 2.75) is 6.10 Å². The van der Waals surface area contributed by atoms with Crippen LogP contribution in [0.25, 0.3) is 0 Å². The minimum atomic E-state index is -0.658. The van der Waals surface area contributed by atoms with Crippen LogP contribution in [-0.2, 0) is 4.79 Å². The van der Waals surface area contributed by atoms with Crippen LogP contribution in [0.15, 0.2) is 54.6 Å². The summed E-state index contributed by atoms with van der Waals surface area (Å²) in [5, 5.41) is 0. The second kappa shape index (κ2) is 8.87. The number of rotatable bonds is 4. The molecule has 2 rings (SSSR count). The Kier molecular flexibility index (Phi) is 7.94. The van der Waals surface area contributed by atoms with Crippen LogP contribution in [0.3, 0.4) is 0 Å². The molecule has 0 fully saturated rings. The molecule has 0 radical (unpaired) electrons. The van der Waals surface area contributed by atoms with E-state index >= 15 is 0 Å². The smallest absolute Gasteiger partial charge is 0.870 e. The van der Waals surface area contributed by atoms with Gasteiger partial charge in [-0.05, 0) is 0 Å². The van der Waals surface area contributed by atoms with Crippen LogP contribution in [-0.4, -0.2) is 43.7 Å². The molecule has 0 aromatic heterocycles. The van der Waals surface area contributed by atoms with Crippen molar-refractivity contribution in [1.29, 1.82) is 0 Å². The third-order valence-corrected chi connectivity index (χ3v) is 2.90. The molecule has 0 spiro atoms. The first kappa shape index (κ1) is 19.7. The number of carbonyl (C=O) groups excluding carboxylic acids is 1. The van der Waals surface area contributed by atoms with Gasteiger partial charge in [0.05, 0.1) is 0 Å². The first-order valence-electron chi connectivity index (χ1n) is 6.36. The molecule has 5 nitrogen and oxygen atoms in total. The molecule has 1 amide bonds. The van der Waals surface area contributed by atoms with Crippen LogP contribution in [0.1, 0.15) is 11.7 Å². The molecular formula is C16H18BNO4. The van der Waals surface area contributed by atoms with E-state index in [9.17, 15) is 4.79 Å². The number of likely N-dealkylation sites (N-methyl/N-ethyl adjacent to an activating group) is 1. The number of carbonyl (C=O) groups is 1. The van der Waals surface area contributed by atoms with E-state index in [1.165, 1.54) is 4.90 Å². The van der Waals surface area contributed by atoms with Crippen LogP contribution in [0.5, 0.6) is 5.75 Å². The van der Waals surface area contributed by atoms with E-state index in [-0.39, 0.29) is 16.9 Å². The SMILES string of the molecule is [B+2]c1ccc(OC(C(=O)N(C)C)c2ccccc2)cc1.[OH-].[OH-]. The Morgan fingerprint density at radius 3 is 2.05 bits per heavy atom. The molecule has 2 aromatic rings. The third kappa shape index (κ3) is 4.91. The van der Waals surface area contributed by atoms with E-state index in [1.54, 1.807) is 38.4 Å². The third-order valence-electron chi connectivity index (χ3n) is 2.90. The zero-order valence-electron chi connectivity index (χ0n) is 12.5. The van der Waals surface area contributed by atoms with Crippen molar-refractivity contribution in [1.82, 2.24) is 4.90 Å². The van der Waals surface area contributed by atoms with E-state index in [4.69, 9.17) is 12.6 Å². The first-order chi connectivity index (χ1) is 9.58. The summed E-state index contributed by atoms with van der Waals surface area (Å²) in [7, 11) is 9.07. The van der Waals surface area contributed by atoms with Gasteiger partial charge >= 0.3 is 120 Å². The van der Waals surface area contributed by atoms with Crippen LogP contribution in [0.2, 0.25) is 0 Å². The molecule has 114 valence electrons. The molecule has 2 N–H and O–H groups in total. The summed E-state index contributed by atoms with van der Waals surface area (Å²) in [6.07, 6.45) is -0.658. The topological polar surface area (TPSA) is 89.5 Å². The molecule has 0 aliphatic carbocycles. The Bertz CT molecular complexity index is 572. The molecule has 1 unspecified atom stereocenters. The quantitative estimate of drug-likeness (QED) is 0.797. The van der Waals surface area contributed by atoms with Crippen molar-refractivity contribution in [3.05, 3.63) is 60.2 Å². The zero-order valence-corrected chi connectivity index (χ0v) is 12.5. The molecule has 6 heteroatoms. The Balaban J connectivity index is 0.00000220. The Hall–Kier alpha value is -2.31. The van der Waals surface area contributed by atoms with Crippen molar-refractivity contribution in [2.75, 3.05) is 14.1 Å². The largest absolute Gasteiger partial charge is 0.870 e. The summed E-state index contributed by atoms with van der Waals surface area (Å²) in [5.41, 5.74) is 1.48. The van der Waals surface area contributed by atoms with Gasteiger partial charge in [0.2, 0.25) is 0 Å². The van der Waals surface area contributed by atoms with Crippen molar-refractivity contribution < 1.29 is 20.5 Å². The molecular weight excluding hydrogens is 281 g/mol. The predicted molar refractivity (Wildman–Crippen MR) is 84.2 cm³/mol. The second-order valence-corrected chi connectivity index (χ2v) is 4.71. The van der Waals surface area contributed by atoms with Gasteiger partial charge in [0.25, 0.3) is 0 Å². The maximum absolute atomic E-state index is 12.3. The van der Waals surface area contributed by atoms with Gasteiger partial charge in [-0.25, -0.2) is 0 Å². The predicted octanol–water partition coefficient (Wildman–Crippen LogP) is 1.34. The molecule has 0 aliphatic heterocycles. The van der Waals surface area contributed by atoms with E-state index in [2.05, 4.69) is 0 Å². The minimum absolute atomic E-state index is 0. The second-order valence-electron chi connectivity index (χ2n) is 4.71. The van der Waals surface area contributed by atoms with Crippen LogP contribution in [0.4, 0.5) is 0 Å². The fraction of sp³-hybridized carbons (Fsp3) is 0.188. The van der Waals surface area contributed by atoms with Gasteiger partial charge in [-0.3, -0.25) is 0 Å². The molecule has 2 aromatic carbocycles. The van der Waals surface area contributed by atoms with Gasteiger partial charge in [0, 0.05) is 0 Å². The van der Waals surface area contributed by atoms with Gasteiger partial charge in [0.15, 0.2) is 0 Å². The number of hydrogen-bond acceptors (Lipinski definition) is 4. The van der Waals surface area contributed by atoms with Gasteiger partial charge in [-0.15, -0.1) is 0 Å². The Morgan fingerprint density at radius 2 is 1.55 bits per heavy atom. The molecule has 0 bridgehead atoms. The standard InChI is InChI=1S/C16H16BNO2.2H2O/c1-18(2)16(19)15(12-6-4-3-5-7-12)20-14-10-8-13(17)9-11-14;;/h3-11,15H,1-2H3;2*1H2/q+2;;/p-2. The molecule has 22 heavy (non-hydrogen) atoms. The fourth-order valence-corrected chi connectivity index (χ4v) is 1.81. The maximum Gasteiger partial charge on any atom is -0.870 e. The van der Waals surface area contributed by atoms with Gasteiger partial charge in [0.1, 0.15) is 0 Å². The van der Waals surface area contributed by atoms with Crippen LogP contribution < -0.4 is 10.2 Å². The maximum atomic E-state index is 12.3. The van der Waals surface area contributed by atoms with Gasteiger partial charge in [-0.2, -0.15) is 0 Å². The summed E-state index contributed by atoms with van der Waals surface area (Å²) in [5.74, 6) is 0.510. The van der Waals surface area contributed by atoms with Gasteiger partial charge < -0.3 is 11.0 Å². The average molecular weight is 299 g/mol. The van der Waals surface area contributed by atoms with Crippen molar-refractivity contribution in [3.8, 4) is 5.75 Å². The fourth-order valence-electron chi connectivity index (χ4n) is 1.81. The number of benzene rings is 2. The summed E-state index contributed by atoms with van der Waals surface area (Å²) in [4.78, 5) is 13.8. The normalized spacial score (nSPS) is 10.7. The van der Waals surface area contributed by atoms with Crippen LogP contribution >= 0.6 is 0 Å². The molecule has 0 heterocycles. The Labute approximate surface area is 131 Å². The average Bonchev–Trinajstić information content (AvgIpc) is 2.47. The van der Waals surface area contributed by atoms with Crippen molar-refractivity contribution in [2.24, 2.45) is 0 Å². The summed E-state index contributed by atoms with van der Waals surface area (Å²) >= 11 is 0. The van der Waals surface area contributed by atoms with Crippen molar-refractivity contribution >= 4 is 19.2 Å². The van der Waals surface area contributed by atoms with E-state index in [0.717, 1.165) is 5.56 Å². The Morgan fingerprint density at radius 1 is 1.00 bits per heavy atom. The van der Waals surface area contributed by atoms with Crippen LogP contribution in [0, 0.1) is 0 Å². The summed E-state index contributed by atoms with van der Waals surface area (Å²) < 4.78 is 5.83.